The first-order valence-corrected chi connectivity index (χ1v) is 8.41. The second-order valence-electron chi connectivity index (χ2n) is 6.33. The summed E-state index contributed by atoms with van der Waals surface area (Å²) < 4.78 is 11.2. The number of carbonyl (C=O) groups excluding carboxylic acids is 1. The number of carbonyl (C=O) groups is 1. The van der Waals surface area contributed by atoms with E-state index in [0.717, 1.165) is 31.2 Å². The van der Waals surface area contributed by atoms with Crippen molar-refractivity contribution in [2.75, 3.05) is 12.4 Å². The number of amides is 1. The lowest BCUT2D eigenvalue weighted by atomic mass is 9.98. The van der Waals surface area contributed by atoms with Gasteiger partial charge >= 0.3 is 0 Å². The number of nitrogens with two attached hydrogens (primary N) is 1. The summed E-state index contributed by atoms with van der Waals surface area (Å²) in [5, 5.41) is 2.90. The molecule has 0 bridgehead atoms. The SMILES string of the molecule is COc1ccc(NC(=O)C2(N)CCCC2)cc1OCc1ccncc1. The van der Waals surface area contributed by atoms with Gasteiger partial charge in [-0.05, 0) is 42.7 Å². The summed E-state index contributed by atoms with van der Waals surface area (Å²) in [4.78, 5) is 16.5. The van der Waals surface area contributed by atoms with Gasteiger partial charge in [-0.1, -0.05) is 12.8 Å². The smallest absolute Gasteiger partial charge is 0.244 e. The Morgan fingerprint density at radius 3 is 2.60 bits per heavy atom. The van der Waals surface area contributed by atoms with E-state index in [1.165, 1.54) is 0 Å². The van der Waals surface area contributed by atoms with Gasteiger partial charge in [-0.25, -0.2) is 0 Å². The first kappa shape index (κ1) is 17.2. The van der Waals surface area contributed by atoms with Crippen molar-refractivity contribution in [1.29, 1.82) is 0 Å². The van der Waals surface area contributed by atoms with Crippen molar-refractivity contribution >= 4 is 11.6 Å². The predicted octanol–water partition coefficient (Wildman–Crippen LogP) is 2.88. The molecule has 1 fully saturated rings. The van der Waals surface area contributed by atoms with Crippen molar-refractivity contribution in [2.45, 2.75) is 37.8 Å². The average molecular weight is 341 g/mol. The molecule has 25 heavy (non-hydrogen) atoms. The molecule has 6 nitrogen and oxygen atoms in total. The third kappa shape index (κ3) is 4.09. The second kappa shape index (κ2) is 7.53. The number of methoxy groups -OCH3 is 1. The molecule has 1 aliphatic rings. The highest BCUT2D eigenvalue weighted by atomic mass is 16.5. The molecule has 0 aliphatic heterocycles. The normalized spacial score (nSPS) is 15.6. The zero-order chi connectivity index (χ0) is 17.7. The van der Waals surface area contributed by atoms with Crippen LogP contribution in [0.3, 0.4) is 0 Å². The van der Waals surface area contributed by atoms with Gasteiger partial charge in [-0.2, -0.15) is 0 Å². The van der Waals surface area contributed by atoms with E-state index in [0.29, 0.717) is 23.8 Å². The Morgan fingerprint density at radius 2 is 1.92 bits per heavy atom. The second-order valence-corrected chi connectivity index (χ2v) is 6.33. The third-order valence-corrected chi connectivity index (χ3v) is 4.51. The van der Waals surface area contributed by atoms with Crippen molar-refractivity contribution in [2.24, 2.45) is 5.73 Å². The number of hydrogen-bond acceptors (Lipinski definition) is 5. The molecule has 2 aromatic rings. The topological polar surface area (TPSA) is 86.5 Å². The zero-order valence-corrected chi connectivity index (χ0v) is 14.3. The molecule has 0 spiro atoms. The maximum atomic E-state index is 12.5. The van der Waals surface area contributed by atoms with Crippen molar-refractivity contribution in [3.8, 4) is 11.5 Å². The number of aromatic nitrogens is 1. The number of rotatable bonds is 6. The minimum absolute atomic E-state index is 0.143. The monoisotopic (exact) mass is 341 g/mol. The lowest BCUT2D eigenvalue weighted by Crippen LogP contribution is -2.48. The molecule has 132 valence electrons. The first-order valence-electron chi connectivity index (χ1n) is 8.41. The van der Waals surface area contributed by atoms with E-state index in [4.69, 9.17) is 15.2 Å². The van der Waals surface area contributed by atoms with Gasteiger partial charge in [-0.3, -0.25) is 9.78 Å². The Hall–Kier alpha value is -2.60. The van der Waals surface area contributed by atoms with Crippen LogP contribution >= 0.6 is 0 Å². The van der Waals surface area contributed by atoms with Gasteiger partial charge in [0.25, 0.3) is 0 Å². The van der Waals surface area contributed by atoms with Crippen molar-refractivity contribution in [3.63, 3.8) is 0 Å². The molecule has 1 saturated carbocycles. The van der Waals surface area contributed by atoms with Gasteiger partial charge in [0.1, 0.15) is 6.61 Å². The molecule has 1 aromatic carbocycles. The molecule has 0 unspecified atom stereocenters. The van der Waals surface area contributed by atoms with E-state index >= 15 is 0 Å². The zero-order valence-electron chi connectivity index (χ0n) is 14.3. The average Bonchev–Trinajstić information content (AvgIpc) is 3.09. The van der Waals surface area contributed by atoms with E-state index in [-0.39, 0.29) is 5.91 Å². The quantitative estimate of drug-likeness (QED) is 0.844. The van der Waals surface area contributed by atoms with Crippen LogP contribution in [-0.2, 0) is 11.4 Å². The number of nitrogens with zero attached hydrogens (tertiary/aromatic N) is 1. The summed E-state index contributed by atoms with van der Waals surface area (Å²) in [6.45, 7) is 0.386. The maximum absolute atomic E-state index is 12.5. The number of ether oxygens (including phenoxy) is 2. The minimum Gasteiger partial charge on any atom is -0.493 e. The molecule has 6 heteroatoms. The Morgan fingerprint density at radius 1 is 1.20 bits per heavy atom. The van der Waals surface area contributed by atoms with E-state index < -0.39 is 5.54 Å². The minimum atomic E-state index is -0.766. The van der Waals surface area contributed by atoms with Crippen LogP contribution in [0.4, 0.5) is 5.69 Å². The number of anilines is 1. The van der Waals surface area contributed by atoms with Crippen LogP contribution in [0.2, 0.25) is 0 Å². The number of nitrogens with one attached hydrogen (secondary N) is 1. The molecule has 1 aromatic heterocycles. The fraction of sp³-hybridized carbons (Fsp3) is 0.368. The summed E-state index contributed by atoms with van der Waals surface area (Å²) in [5.74, 6) is 1.03. The van der Waals surface area contributed by atoms with Crippen molar-refractivity contribution in [3.05, 3.63) is 48.3 Å². The van der Waals surface area contributed by atoms with Crippen molar-refractivity contribution in [1.82, 2.24) is 4.98 Å². The highest BCUT2D eigenvalue weighted by Gasteiger charge is 2.37. The fourth-order valence-electron chi connectivity index (χ4n) is 3.00. The maximum Gasteiger partial charge on any atom is 0.244 e. The number of pyridine rings is 1. The molecule has 0 saturated heterocycles. The van der Waals surface area contributed by atoms with E-state index in [9.17, 15) is 4.79 Å². The molecular formula is C19H23N3O3. The van der Waals surface area contributed by atoms with Gasteiger partial charge in [0.05, 0.1) is 12.6 Å². The summed E-state index contributed by atoms with van der Waals surface area (Å²) in [6, 6.07) is 9.09. The molecule has 0 atom stereocenters. The first-order chi connectivity index (χ1) is 12.1. The molecule has 1 heterocycles. The van der Waals surface area contributed by atoms with E-state index in [2.05, 4.69) is 10.3 Å². The standard InChI is InChI=1S/C19H23N3O3/c1-24-16-5-4-15(22-18(23)19(20)8-2-3-9-19)12-17(16)25-13-14-6-10-21-11-7-14/h4-7,10-12H,2-3,8-9,13,20H2,1H3,(H,22,23). The summed E-state index contributed by atoms with van der Waals surface area (Å²) in [5.41, 5.74) is 7.08. The van der Waals surface area contributed by atoms with Gasteiger partial charge < -0.3 is 20.5 Å². The lowest BCUT2D eigenvalue weighted by Gasteiger charge is -2.22. The van der Waals surface area contributed by atoms with Crippen LogP contribution in [0, 0.1) is 0 Å². The largest absolute Gasteiger partial charge is 0.493 e. The molecule has 3 rings (SSSR count). The third-order valence-electron chi connectivity index (χ3n) is 4.51. The van der Waals surface area contributed by atoms with Crippen LogP contribution < -0.4 is 20.5 Å². The number of benzene rings is 1. The van der Waals surface area contributed by atoms with Crippen LogP contribution in [0.15, 0.2) is 42.7 Å². The Labute approximate surface area is 147 Å². The summed E-state index contributed by atoms with van der Waals surface area (Å²) in [6.07, 6.45) is 6.87. The van der Waals surface area contributed by atoms with Crippen LogP contribution in [0.1, 0.15) is 31.2 Å². The molecule has 1 amide bonds. The Bertz CT molecular complexity index is 728. The predicted molar refractivity (Wildman–Crippen MR) is 95.6 cm³/mol. The Balaban J connectivity index is 1.72. The van der Waals surface area contributed by atoms with E-state index in [1.54, 1.807) is 37.7 Å². The van der Waals surface area contributed by atoms with Gasteiger partial charge in [0.15, 0.2) is 11.5 Å². The molecule has 0 radical (unpaired) electrons. The van der Waals surface area contributed by atoms with Crippen LogP contribution in [0.25, 0.3) is 0 Å². The molecule has 1 aliphatic carbocycles. The molecular weight excluding hydrogens is 318 g/mol. The van der Waals surface area contributed by atoms with E-state index in [1.807, 2.05) is 12.1 Å². The Kier molecular flexibility index (Phi) is 5.19. The van der Waals surface area contributed by atoms with Gasteiger partial charge in [0, 0.05) is 24.1 Å². The van der Waals surface area contributed by atoms with Gasteiger partial charge in [0.2, 0.25) is 5.91 Å². The molecule has 3 N–H and O–H groups in total. The number of hydrogen-bond donors (Lipinski definition) is 2. The summed E-state index contributed by atoms with van der Waals surface area (Å²) in [7, 11) is 1.58. The van der Waals surface area contributed by atoms with Crippen LogP contribution in [-0.4, -0.2) is 23.5 Å². The summed E-state index contributed by atoms with van der Waals surface area (Å²) >= 11 is 0. The van der Waals surface area contributed by atoms with Crippen LogP contribution in [0.5, 0.6) is 11.5 Å². The van der Waals surface area contributed by atoms with Gasteiger partial charge in [-0.15, -0.1) is 0 Å². The highest BCUT2D eigenvalue weighted by Crippen LogP contribution is 2.33. The lowest BCUT2D eigenvalue weighted by molar-refractivity contribution is -0.121. The van der Waals surface area contributed by atoms with Crippen molar-refractivity contribution < 1.29 is 14.3 Å². The fourth-order valence-corrected chi connectivity index (χ4v) is 3.00. The highest BCUT2D eigenvalue weighted by molar-refractivity contribution is 5.98.